The second-order valence-corrected chi connectivity index (χ2v) is 6.19. The summed E-state index contributed by atoms with van der Waals surface area (Å²) < 4.78 is 5.29. The predicted molar refractivity (Wildman–Crippen MR) is 102 cm³/mol. The first-order valence-electron chi connectivity index (χ1n) is 8.82. The average molecular weight is 370 g/mol. The van der Waals surface area contributed by atoms with Gasteiger partial charge in [-0.15, -0.1) is 0 Å². The second kappa shape index (κ2) is 9.11. The Morgan fingerprint density at radius 1 is 1.15 bits per heavy atom. The van der Waals surface area contributed by atoms with Gasteiger partial charge < -0.3 is 15.4 Å². The SMILES string of the molecule is O=C(NCCN1CCOCC1)c1ccc(Nc2ccccc2)c([N+](=O)[O-])c1. The number of nitrogens with one attached hydrogen (secondary N) is 2. The number of para-hydroxylation sites is 1. The van der Waals surface area contributed by atoms with E-state index in [1.54, 1.807) is 12.1 Å². The largest absolute Gasteiger partial charge is 0.379 e. The normalized spacial score (nSPS) is 14.5. The summed E-state index contributed by atoms with van der Waals surface area (Å²) in [7, 11) is 0. The van der Waals surface area contributed by atoms with Gasteiger partial charge in [0, 0.05) is 43.5 Å². The molecule has 1 aliphatic rings. The highest BCUT2D eigenvalue weighted by Crippen LogP contribution is 2.28. The van der Waals surface area contributed by atoms with Crippen LogP contribution in [0, 0.1) is 10.1 Å². The number of amides is 1. The van der Waals surface area contributed by atoms with Crippen molar-refractivity contribution in [1.29, 1.82) is 0 Å². The molecule has 142 valence electrons. The van der Waals surface area contributed by atoms with E-state index in [4.69, 9.17) is 4.74 Å². The quantitative estimate of drug-likeness (QED) is 0.574. The van der Waals surface area contributed by atoms with Gasteiger partial charge in [-0.3, -0.25) is 19.8 Å². The molecule has 0 bridgehead atoms. The Kier molecular flexibility index (Phi) is 6.35. The maximum Gasteiger partial charge on any atom is 0.293 e. The summed E-state index contributed by atoms with van der Waals surface area (Å²) in [4.78, 5) is 25.5. The first-order chi connectivity index (χ1) is 13.1. The minimum Gasteiger partial charge on any atom is -0.379 e. The summed E-state index contributed by atoms with van der Waals surface area (Å²) in [6, 6.07) is 13.6. The van der Waals surface area contributed by atoms with Crippen LogP contribution in [0.4, 0.5) is 17.1 Å². The maximum absolute atomic E-state index is 12.3. The molecule has 0 radical (unpaired) electrons. The van der Waals surface area contributed by atoms with E-state index in [2.05, 4.69) is 15.5 Å². The van der Waals surface area contributed by atoms with Crippen molar-refractivity contribution >= 4 is 23.0 Å². The molecule has 8 heteroatoms. The van der Waals surface area contributed by atoms with E-state index >= 15 is 0 Å². The zero-order chi connectivity index (χ0) is 19.1. The van der Waals surface area contributed by atoms with Crippen LogP contribution in [0.5, 0.6) is 0 Å². The zero-order valence-electron chi connectivity index (χ0n) is 14.9. The van der Waals surface area contributed by atoms with Crippen molar-refractivity contribution in [2.75, 3.05) is 44.7 Å². The highest BCUT2D eigenvalue weighted by Gasteiger charge is 2.18. The molecule has 8 nitrogen and oxygen atoms in total. The van der Waals surface area contributed by atoms with Crippen LogP contribution in [0.15, 0.2) is 48.5 Å². The molecule has 1 fully saturated rings. The van der Waals surface area contributed by atoms with Crippen molar-refractivity contribution in [2.45, 2.75) is 0 Å². The number of morpholine rings is 1. The van der Waals surface area contributed by atoms with Crippen molar-refractivity contribution in [3.8, 4) is 0 Å². The zero-order valence-corrected chi connectivity index (χ0v) is 14.9. The molecule has 0 aliphatic carbocycles. The van der Waals surface area contributed by atoms with Crippen molar-refractivity contribution in [2.24, 2.45) is 0 Å². The number of ether oxygens (including phenoxy) is 1. The molecule has 1 saturated heterocycles. The number of nitro groups is 1. The van der Waals surface area contributed by atoms with Crippen LogP contribution in [0.25, 0.3) is 0 Å². The number of rotatable bonds is 7. The molecule has 0 saturated carbocycles. The Morgan fingerprint density at radius 3 is 2.59 bits per heavy atom. The Hall–Kier alpha value is -2.97. The topological polar surface area (TPSA) is 96.7 Å². The number of hydrogen-bond acceptors (Lipinski definition) is 6. The fourth-order valence-electron chi connectivity index (χ4n) is 2.86. The summed E-state index contributed by atoms with van der Waals surface area (Å²) in [6.07, 6.45) is 0. The molecule has 27 heavy (non-hydrogen) atoms. The average Bonchev–Trinajstić information content (AvgIpc) is 2.69. The van der Waals surface area contributed by atoms with Gasteiger partial charge in [-0.05, 0) is 24.3 Å². The monoisotopic (exact) mass is 370 g/mol. The van der Waals surface area contributed by atoms with E-state index in [0.717, 1.165) is 25.3 Å². The number of carbonyl (C=O) groups excluding carboxylic acids is 1. The lowest BCUT2D eigenvalue weighted by molar-refractivity contribution is -0.383. The number of anilines is 2. The number of nitro benzene ring substituents is 1. The van der Waals surface area contributed by atoms with Crippen LogP contribution in [-0.2, 0) is 4.74 Å². The van der Waals surface area contributed by atoms with Crippen molar-refractivity contribution in [3.63, 3.8) is 0 Å². The molecule has 1 heterocycles. The first kappa shape index (κ1) is 18.8. The highest BCUT2D eigenvalue weighted by molar-refractivity contribution is 5.95. The second-order valence-electron chi connectivity index (χ2n) is 6.19. The Labute approximate surface area is 157 Å². The molecular formula is C19H22N4O4. The Morgan fingerprint density at radius 2 is 1.89 bits per heavy atom. The molecule has 1 aliphatic heterocycles. The van der Waals surface area contributed by atoms with E-state index in [1.165, 1.54) is 6.07 Å². The van der Waals surface area contributed by atoms with Crippen LogP contribution >= 0.6 is 0 Å². The van der Waals surface area contributed by atoms with Crippen LogP contribution < -0.4 is 10.6 Å². The van der Waals surface area contributed by atoms with Gasteiger partial charge in [-0.25, -0.2) is 0 Å². The van der Waals surface area contributed by atoms with Gasteiger partial charge in [0.15, 0.2) is 0 Å². The highest BCUT2D eigenvalue weighted by atomic mass is 16.6. The minimum absolute atomic E-state index is 0.139. The summed E-state index contributed by atoms with van der Waals surface area (Å²) in [5.74, 6) is -0.322. The van der Waals surface area contributed by atoms with Gasteiger partial charge in [0.05, 0.1) is 18.1 Å². The smallest absolute Gasteiger partial charge is 0.293 e. The number of nitrogens with zero attached hydrogens (tertiary/aromatic N) is 2. The Balaban J connectivity index is 1.64. The third kappa shape index (κ3) is 5.25. The number of carbonyl (C=O) groups is 1. The standard InChI is InChI=1S/C19H22N4O4/c24-19(20-8-9-22-10-12-27-13-11-22)15-6-7-17(18(14-15)23(25)26)21-16-4-2-1-3-5-16/h1-7,14,21H,8-13H2,(H,20,24). The van der Waals surface area contributed by atoms with Gasteiger partial charge in [0.1, 0.15) is 5.69 Å². The van der Waals surface area contributed by atoms with Gasteiger partial charge >= 0.3 is 0 Å². The van der Waals surface area contributed by atoms with E-state index in [1.807, 2.05) is 30.3 Å². The van der Waals surface area contributed by atoms with Crippen LogP contribution in [-0.4, -0.2) is 55.1 Å². The maximum atomic E-state index is 12.3. The fourth-order valence-corrected chi connectivity index (χ4v) is 2.86. The van der Waals surface area contributed by atoms with Crippen LogP contribution in [0.1, 0.15) is 10.4 Å². The van der Waals surface area contributed by atoms with Gasteiger partial charge in [-0.2, -0.15) is 0 Å². The van der Waals surface area contributed by atoms with E-state index < -0.39 is 4.92 Å². The molecule has 1 amide bonds. The van der Waals surface area contributed by atoms with Crippen molar-refractivity contribution in [3.05, 3.63) is 64.2 Å². The Bertz CT molecular complexity index is 792. The summed E-state index contributed by atoms with van der Waals surface area (Å²) >= 11 is 0. The molecule has 3 rings (SSSR count). The lowest BCUT2D eigenvalue weighted by atomic mass is 10.1. The summed E-state index contributed by atoms with van der Waals surface area (Å²) in [6.45, 7) is 4.32. The first-order valence-corrected chi connectivity index (χ1v) is 8.82. The minimum atomic E-state index is -0.490. The van der Waals surface area contributed by atoms with Crippen LogP contribution in [0.2, 0.25) is 0 Å². The molecule has 0 aromatic heterocycles. The van der Waals surface area contributed by atoms with E-state index in [0.29, 0.717) is 25.4 Å². The molecular weight excluding hydrogens is 348 g/mol. The summed E-state index contributed by atoms with van der Waals surface area (Å²) in [5.41, 5.74) is 1.21. The van der Waals surface area contributed by atoms with Crippen molar-refractivity contribution in [1.82, 2.24) is 10.2 Å². The number of hydrogen-bond donors (Lipinski definition) is 2. The molecule has 2 aromatic carbocycles. The molecule has 0 spiro atoms. The number of benzene rings is 2. The lowest BCUT2D eigenvalue weighted by Crippen LogP contribution is -2.41. The van der Waals surface area contributed by atoms with Gasteiger partial charge in [0.25, 0.3) is 11.6 Å². The fraction of sp³-hybridized carbons (Fsp3) is 0.316. The van der Waals surface area contributed by atoms with E-state index in [9.17, 15) is 14.9 Å². The third-order valence-electron chi connectivity index (χ3n) is 4.33. The van der Waals surface area contributed by atoms with Crippen LogP contribution in [0.3, 0.4) is 0 Å². The third-order valence-corrected chi connectivity index (χ3v) is 4.33. The molecule has 2 N–H and O–H groups in total. The van der Waals surface area contributed by atoms with Crippen molar-refractivity contribution < 1.29 is 14.5 Å². The molecule has 2 aromatic rings. The van der Waals surface area contributed by atoms with E-state index in [-0.39, 0.29) is 17.2 Å². The van der Waals surface area contributed by atoms with Gasteiger partial charge in [-0.1, -0.05) is 18.2 Å². The molecule has 0 atom stereocenters. The predicted octanol–water partition coefficient (Wildman–Crippen LogP) is 2.40. The molecule has 0 unspecified atom stereocenters. The summed E-state index contributed by atoms with van der Waals surface area (Å²) in [5, 5.41) is 17.3. The van der Waals surface area contributed by atoms with Gasteiger partial charge in [0.2, 0.25) is 0 Å². The lowest BCUT2D eigenvalue weighted by Gasteiger charge is -2.26.